The summed E-state index contributed by atoms with van der Waals surface area (Å²) in [7, 11) is 4.36. The van der Waals surface area contributed by atoms with E-state index in [1.807, 2.05) is 0 Å². The quantitative estimate of drug-likeness (QED) is 0.707. The van der Waals surface area contributed by atoms with Crippen LogP contribution in [0.5, 0.6) is 5.75 Å². The van der Waals surface area contributed by atoms with Gasteiger partial charge < -0.3 is 14.2 Å². The molecule has 1 aromatic carbocycles. The standard InChI is InChI=1S/C11H14O4/c1-13-9-6-4-5-8(7-9)10(14-2)11(12)15-3/h4-7,10H,1-3H3. The predicted octanol–water partition coefficient (Wildman–Crippen LogP) is 1.56. The Bertz CT molecular complexity index is 335. The molecule has 1 unspecified atom stereocenters. The molecule has 0 N–H and O–H groups in total. The van der Waals surface area contributed by atoms with Crippen LogP contribution in [0.3, 0.4) is 0 Å². The van der Waals surface area contributed by atoms with Gasteiger partial charge in [-0.2, -0.15) is 0 Å². The van der Waals surface area contributed by atoms with Crippen LogP contribution in [0.25, 0.3) is 0 Å². The topological polar surface area (TPSA) is 44.8 Å². The molecule has 4 nitrogen and oxygen atoms in total. The molecule has 0 saturated heterocycles. The molecule has 0 saturated carbocycles. The van der Waals surface area contributed by atoms with Crippen molar-refractivity contribution in [2.24, 2.45) is 0 Å². The summed E-state index contributed by atoms with van der Waals surface area (Å²) in [5, 5.41) is 0. The molecule has 1 aromatic rings. The monoisotopic (exact) mass is 210 g/mol. The van der Waals surface area contributed by atoms with Crippen LogP contribution in [-0.4, -0.2) is 27.3 Å². The van der Waals surface area contributed by atoms with Gasteiger partial charge in [0.05, 0.1) is 14.2 Å². The van der Waals surface area contributed by atoms with E-state index in [0.717, 1.165) is 0 Å². The third-order valence-electron chi connectivity index (χ3n) is 2.05. The lowest BCUT2D eigenvalue weighted by Crippen LogP contribution is -2.15. The van der Waals surface area contributed by atoms with E-state index in [0.29, 0.717) is 11.3 Å². The summed E-state index contributed by atoms with van der Waals surface area (Å²) >= 11 is 0. The average molecular weight is 210 g/mol. The summed E-state index contributed by atoms with van der Waals surface area (Å²) in [4.78, 5) is 11.4. The van der Waals surface area contributed by atoms with E-state index in [-0.39, 0.29) is 0 Å². The lowest BCUT2D eigenvalue weighted by atomic mass is 10.1. The first-order chi connectivity index (χ1) is 7.22. The van der Waals surface area contributed by atoms with Crippen molar-refractivity contribution in [2.75, 3.05) is 21.3 Å². The minimum Gasteiger partial charge on any atom is -0.497 e. The molecule has 4 heteroatoms. The van der Waals surface area contributed by atoms with Crippen LogP contribution in [0.15, 0.2) is 24.3 Å². The van der Waals surface area contributed by atoms with Crippen molar-refractivity contribution in [1.82, 2.24) is 0 Å². The van der Waals surface area contributed by atoms with Crippen LogP contribution in [0.2, 0.25) is 0 Å². The van der Waals surface area contributed by atoms with Gasteiger partial charge in [0.25, 0.3) is 0 Å². The number of methoxy groups -OCH3 is 3. The summed E-state index contributed by atoms with van der Waals surface area (Å²) in [6.07, 6.45) is -0.704. The van der Waals surface area contributed by atoms with E-state index >= 15 is 0 Å². The first kappa shape index (κ1) is 11.5. The molecule has 0 aliphatic rings. The molecule has 1 rings (SSSR count). The summed E-state index contributed by atoms with van der Waals surface area (Å²) in [6, 6.07) is 7.12. The summed E-state index contributed by atoms with van der Waals surface area (Å²) in [5.74, 6) is 0.254. The SMILES string of the molecule is COC(=O)C(OC)c1cccc(OC)c1. The van der Waals surface area contributed by atoms with Crippen LogP contribution in [0.1, 0.15) is 11.7 Å². The van der Waals surface area contributed by atoms with Crippen LogP contribution in [0.4, 0.5) is 0 Å². The highest BCUT2D eigenvalue weighted by atomic mass is 16.6. The second-order valence-corrected chi connectivity index (χ2v) is 2.92. The maximum Gasteiger partial charge on any atom is 0.339 e. The van der Waals surface area contributed by atoms with Crippen molar-refractivity contribution in [2.45, 2.75) is 6.10 Å². The second-order valence-electron chi connectivity index (χ2n) is 2.92. The molecule has 0 amide bonds. The van der Waals surface area contributed by atoms with Gasteiger partial charge >= 0.3 is 5.97 Å². The Morgan fingerprint density at radius 1 is 1.27 bits per heavy atom. The fourth-order valence-corrected chi connectivity index (χ4v) is 1.28. The third kappa shape index (κ3) is 2.70. The number of hydrogen-bond acceptors (Lipinski definition) is 4. The van der Waals surface area contributed by atoms with E-state index in [2.05, 4.69) is 4.74 Å². The maximum absolute atomic E-state index is 11.4. The fourth-order valence-electron chi connectivity index (χ4n) is 1.28. The summed E-state index contributed by atoms with van der Waals surface area (Å²) in [5.41, 5.74) is 0.712. The molecule has 0 radical (unpaired) electrons. The molecule has 0 aliphatic heterocycles. The van der Waals surface area contributed by atoms with E-state index in [1.54, 1.807) is 31.4 Å². The molecule has 15 heavy (non-hydrogen) atoms. The number of benzene rings is 1. The van der Waals surface area contributed by atoms with Gasteiger partial charge in [-0.1, -0.05) is 12.1 Å². The Balaban J connectivity index is 2.96. The minimum absolute atomic E-state index is 0.425. The number of carbonyl (C=O) groups is 1. The molecular weight excluding hydrogens is 196 g/mol. The fraction of sp³-hybridized carbons (Fsp3) is 0.364. The molecule has 0 aliphatic carbocycles. The smallest absolute Gasteiger partial charge is 0.339 e. The minimum atomic E-state index is -0.704. The van der Waals surface area contributed by atoms with E-state index in [9.17, 15) is 4.79 Å². The Labute approximate surface area is 88.8 Å². The largest absolute Gasteiger partial charge is 0.497 e. The van der Waals surface area contributed by atoms with Gasteiger partial charge in [-0.3, -0.25) is 0 Å². The molecule has 0 spiro atoms. The van der Waals surface area contributed by atoms with Crippen molar-refractivity contribution < 1.29 is 19.0 Å². The van der Waals surface area contributed by atoms with Crippen molar-refractivity contribution >= 4 is 5.97 Å². The van der Waals surface area contributed by atoms with Crippen molar-refractivity contribution in [1.29, 1.82) is 0 Å². The Morgan fingerprint density at radius 3 is 2.53 bits per heavy atom. The van der Waals surface area contributed by atoms with Crippen molar-refractivity contribution in [3.63, 3.8) is 0 Å². The van der Waals surface area contributed by atoms with Crippen molar-refractivity contribution in [3.8, 4) is 5.75 Å². The lowest BCUT2D eigenvalue weighted by molar-refractivity contribution is -0.152. The van der Waals surface area contributed by atoms with Gasteiger partial charge in [0.1, 0.15) is 5.75 Å². The maximum atomic E-state index is 11.4. The molecule has 0 aromatic heterocycles. The zero-order valence-corrected chi connectivity index (χ0v) is 9.02. The van der Waals surface area contributed by atoms with Gasteiger partial charge in [-0.25, -0.2) is 4.79 Å². The number of esters is 1. The van der Waals surface area contributed by atoms with Gasteiger partial charge in [0.2, 0.25) is 0 Å². The highest BCUT2D eigenvalue weighted by molar-refractivity contribution is 5.76. The molecular formula is C11H14O4. The highest BCUT2D eigenvalue weighted by Gasteiger charge is 2.20. The molecule has 0 fully saturated rings. The number of ether oxygens (including phenoxy) is 3. The zero-order valence-electron chi connectivity index (χ0n) is 9.02. The van der Waals surface area contributed by atoms with Gasteiger partial charge in [-0.05, 0) is 17.7 Å². The number of hydrogen-bond donors (Lipinski definition) is 0. The first-order valence-electron chi connectivity index (χ1n) is 4.47. The van der Waals surface area contributed by atoms with Crippen LogP contribution < -0.4 is 4.74 Å². The van der Waals surface area contributed by atoms with Gasteiger partial charge in [0.15, 0.2) is 6.10 Å². The molecule has 82 valence electrons. The number of rotatable bonds is 4. The summed E-state index contributed by atoms with van der Waals surface area (Å²) < 4.78 is 14.7. The third-order valence-corrected chi connectivity index (χ3v) is 2.05. The second kappa shape index (κ2) is 5.36. The van der Waals surface area contributed by atoms with Crippen LogP contribution in [-0.2, 0) is 14.3 Å². The van der Waals surface area contributed by atoms with E-state index < -0.39 is 12.1 Å². The predicted molar refractivity (Wildman–Crippen MR) is 54.8 cm³/mol. The Kier molecular flexibility index (Phi) is 4.12. The molecule has 0 bridgehead atoms. The zero-order chi connectivity index (χ0) is 11.3. The Morgan fingerprint density at radius 2 is 2.00 bits per heavy atom. The Hall–Kier alpha value is -1.55. The van der Waals surface area contributed by atoms with Gasteiger partial charge in [-0.15, -0.1) is 0 Å². The average Bonchev–Trinajstić information content (AvgIpc) is 2.30. The normalized spacial score (nSPS) is 11.9. The summed E-state index contributed by atoms with van der Waals surface area (Å²) in [6.45, 7) is 0. The van der Waals surface area contributed by atoms with Crippen LogP contribution in [0, 0.1) is 0 Å². The molecule has 0 heterocycles. The van der Waals surface area contributed by atoms with E-state index in [4.69, 9.17) is 9.47 Å². The van der Waals surface area contributed by atoms with Crippen LogP contribution >= 0.6 is 0 Å². The highest BCUT2D eigenvalue weighted by Crippen LogP contribution is 2.22. The number of carbonyl (C=O) groups excluding carboxylic acids is 1. The van der Waals surface area contributed by atoms with E-state index in [1.165, 1.54) is 14.2 Å². The molecule has 1 atom stereocenters. The lowest BCUT2D eigenvalue weighted by Gasteiger charge is -2.13. The van der Waals surface area contributed by atoms with Gasteiger partial charge in [0, 0.05) is 7.11 Å². The van der Waals surface area contributed by atoms with Crippen molar-refractivity contribution in [3.05, 3.63) is 29.8 Å². The first-order valence-corrected chi connectivity index (χ1v) is 4.47.